The van der Waals surface area contributed by atoms with E-state index in [0.29, 0.717) is 13.2 Å². The Morgan fingerprint density at radius 3 is 2.65 bits per heavy atom. The number of nitrogens with one attached hydrogen (secondary N) is 1. The second-order valence-corrected chi connectivity index (χ2v) is 4.02. The Morgan fingerprint density at radius 2 is 2.06 bits per heavy atom. The van der Waals surface area contributed by atoms with Crippen molar-refractivity contribution in [2.75, 3.05) is 26.7 Å². The molecule has 1 fully saturated rings. The number of Topliss-reactive ketones (excluding diaryl/α,β-unsaturated/α-hetero) is 1. The maximum atomic E-state index is 11.7. The molecular formula is C11H18N2O4. The predicted octanol–water partition coefficient (Wildman–Crippen LogP) is -0.671. The molecule has 17 heavy (non-hydrogen) atoms. The molecule has 1 heterocycles. The quantitative estimate of drug-likeness (QED) is 0.709. The fourth-order valence-electron chi connectivity index (χ4n) is 1.64. The standard InChI is InChI=1S/C11H18N2O4/c1-8(14)3-4-10(15)13-5-6-17-9(7-13)11(16)12-2/h9H,3-7H2,1-2H3,(H,12,16). The van der Waals surface area contributed by atoms with Crippen LogP contribution in [0.4, 0.5) is 0 Å². The number of hydrogen-bond donors (Lipinski definition) is 1. The van der Waals surface area contributed by atoms with Gasteiger partial charge in [-0.1, -0.05) is 0 Å². The molecule has 6 heteroatoms. The highest BCUT2D eigenvalue weighted by molar-refractivity contribution is 5.85. The van der Waals surface area contributed by atoms with Gasteiger partial charge in [-0.2, -0.15) is 0 Å². The fraction of sp³-hybridized carbons (Fsp3) is 0.727. The zero-order valence-electron chi connectivity index (χ0n) is 10.2. The molecule has 0 aromatic rings. The van der Waals surface area contributed by atoms with Gasteiger partial charge >= 0.3 is 0 Å². The smallest absolute Gasteiger partial charge is 0.250 e. The molecule has 0 aromatic carbocycles. The number of amides is 2. The van der Waals surface area contributed by atoms with Crippen LogP contribution in [0.1, 0.15) is 19.8 Å². The first-order valence-corrected chi connectivity index (χ1v) is 5.65. The largest absolute Gasteiger partial charge is 0.365 e. The SMILES string of the molecule is CNC(=O)C1CN(C(=O)CCC(C)=O)CCO1. The predicted molar refractivity (Wildman–Crippen MR) is 60.3 cm³/mol. The topological polar surface area (TPSA) is 75.7 Å². The van der Waals surface area contributed by atoms with Gasteiger partial charge in [0.1, 0.15) is 5.78 Å². The van der Waals surface area contributed by atoms with Crippen molar-refractivity contribution < 1.29 is 19.1 Å². The molecular weight excluding hydrogens is 224 g/mol. The minimum Gasteiger partial charge on any atom is -0.365 e. The average Bonchev–Trinajstić information content (AvgIpc) is 2.35. The fourth-order valence-corrected chi connectivity index (χ4v) is 1.64. The summed E-state index contributed by atoms with van der Waals surface area (Å²) < 4.78 is 5.26. The number of carbonyl (C=O) groups is 3. The van der Waals surface area contributed by atoms with Crippen LogP contribution in [0.5, 0.6) is 0 Å². The highest BCUT2D eigenvalue weighted by Gasteiger charge is 2.28. The van der Waals surface area contributed by atoms with Gasteiger partial charge in [0, 0.05) is 26.4 Å². The van der Waals surface area contributed by atoms with Crippen LogP contribution in [0.2, 0.25) is 0 Å². The van der Waals surface area contributed by atoms with Gasteiger partial charge in [-0.3, -0.25) is 9.59 Å². The van der Waals surface area contributed by atoms with Crippen molar-refractivity contribution in [3.8, 4) is 0 Å². The van der Waals surface area contributed by atoms with Crippen molar-refractivity contribution >= 4 is 17.6 Å². The van der Waals surface area contributed by atoms with Crippen molar-refractivity contribution in [1.29, 1.82) is 0 Å². The Balaban J connectivity index is 2.45. The summed E-state index contributed by atoms with van der Waals surface area (Å²) in [5.41, 5.74) is 0. The third-order valence-electron chi connectivity index (χ3n) is 2.65. The summed E-state index contributed by atoms with van der Waals surface area (Å²) in [5, 5.41) is 2.49. The van der Waals surface area contributed by atoms with E-state index < -0.39 is 6.10 Å². The molecule has 1 saturated heterocycles. The van der Waals surface area contributed by atoms with E-state index in [1.54, 1.807) is 4.90 Å². The Bertz CT molecular complexity index is 317. The van der Waals surface area contributed by atoms with Crippen LogP contribution in [0.3, 0.4) is 0 Å². The second kappa shape index (κ2) is 6.34. The maximum absolute atomic E-state index is 11.7. The minimum atomic E-state index is -0.602. The van der Waals surface area contributed by atoms with E-state index in [9.17, 15) is 14.4 Å². The Kier molecular flexibility index (Phi) is 5.09. The van der Waals surface area contributed by atoms with Crippen LogP contribution in [-0.2, 0) is 19.1 Å². The molecule has 1 atom stereocenters. The molecule has 0 aliphatic carbocycles. The number of ketones is 1. The van der Waals surface area contributed by atoms with E-state index in [-0.39, 0.29) is 37.0 Å². The van der Waals surface area contributed by atoms with Crippen molar-refractivity contribution in [3.63, 3.8) is 0 Å². The normalized spacial score (nSPS) is 19.9. The first kappa shape index (κ1) is 13.6. The lowest BCUT2D eigenvalue weighted by Gasteiger charge is -2.32. The van der Waals surface area contributed by atoms with Gasteiger partial charge in [0.25, 0.3) is 5.91 Å². The molecule has 0 aromatic heterocycles. The number of morpholine rings is 1. The lowest BCUT2D eigenvalue weighted by atomic mass is 10.2. The molecule has 0 spiro atoms. The van der Waals surface area contributed by atoms with Gasteiger partial charge in [0.15, 0.2) is 6.10 Å². The molecule has 1 N–H and O–H groups in total. The first-order valence-electron chi connectivity index (χ1n) is 5.65. The molecule has 1 rings (SSSR count). The number of ether oxygens (including phenoxy) is 1. The van der Waals surface area contributed by atoms with Crippen molar-refractivity contribution in [1.82, 2.24) is 10.2 Å². The highest BCUT2D eigenvalue weighted by Crippen LogP contribution is 2.08. The van der Waals surface area contributed by atoms with E-state index in [4.69, 9.17) is 4.74 Å². The summed E-state index contributed by atoms with van der Waals surface area (Å²) in [4.78, 5) is 35.5. The number of hydrogen-bond acceptors (Lipinski definition) is 4. The molecule has 0 radical (unpaired) electrons. The van der Waals surface area contributed by atoms with E-state index in [0.717, 1.165) is 0 Å². The van der Waals surface area contributed by atoms with Crippen LogP contribution in [0.25, 0.3) is 0 Å². The zero-order chi connectivity index (χ0) is 12.8. The average molecular weight is 242 g/mol. The molecule has 6 nitrogen and oxygen atoms in total. The van der Waals surface area contributed by atoms with E-state index in [1.165, 1.54) is 14.0 Å². The van der Waals surface area contributed by atoms with Crippen LogP contribution < -0.4 is 5.32 Å². The number of carbonyl (C=O) groups excluding carboxylic acids is 3. The van der Waals surface area contributed by atoms with Crippen LogP contribution in [-0.4, -0.2) is 55.3 Å². The van der Waals surface area contributed by atoms with Crippen LogP contribution >= 0.6 is 0 Å². The lowest BCUT2D eigenvalue weighted by Crippen LogP contribution is -2.51. The monoisotopic (exact) mass is 242 g/mol. The maximum Gasteiger partial charge on any atom is 0.250 e. The summed E-state index contributed by atoms with van der Waals surface area (Å²) in [6.07, 6.45) is -0.147. The molecule has 0 saturated carbocycles. The Hall–Kier alpha value is -1.43. The van der Waals surface area contributed by atoms with Crippen LogP contribution in [0.15, 0.2) is 0 Å². The van der Waals surface area contributed by atoms with Gasteiger partial charge in [-0.05, 0) is 6.92 Å². The van der Waals surface area contributed by atoms with Gasteiger partial charge in [-0.15, -0.1) is 0 Å². The summed E-state index contributed by atoms with van der Waals surface area (Å²) in [5.74, 6) is -0.332. The number of nitrogens with zero attached hydrogens (tertiary/aromatic N) is 1. The molecule has 96 valence electrons. The van der Waals surface area contributed by atoms with Gasteiger partial charge in [0.2, 0.25) is 5.91 Å². The van der Waals surface area contributed by atoms with E-state index >= 15 is 0 Å². The van der Waals surface area contributed by atoms with E-state index in [1.807, 2.05) is 0 Å². The van der Waals surface area contributed by atoms with Crippen molar-refractivity contribution in [3.05, 3.63) is 0 Å². The first-order chi connectivity index (χ1) is 8.04. The van der Waals surface area contributed by atoms with Crippen molar-refractivity contribution in [2.45, 2.75) is 25.9 Å². The Morgan fingerprint density at radius 1 is 1.35 bits per heavy atom. The van der Waals surface area contributed by atoms with Crippen molar-refractivity contribution in [2.24, 2.45) is 0 Å². The molecule has 1 aliphatic rings. The third-order valence-corrected chi connectivity index (χ3v) is 2.65. The van der Waals surface area contributed by atoms with Gasteiger partial charge in [-0.25, -0.2) is 0 Å². The minimum absolute atomic E-state index is 0.00513. The summed E-state index contributed by atoms with van der Waals surface area (Å²) in [6.45, 7) is 2.55. The summed E-state index contributed by atoms with van der Waals surface area (Å²) >= 11 is 0. The third kappa shape index (κ3) is 4.14. The van der Waals surface area contributed by atoms with Crippen LogP contribution in [0, 0.1) is 0 Å². The number of likely N-dealkylation sites (N-methyl/N-ethyl adjacent to an activating group) is 1. The van der Waals surface area contributed by atoms with E-state index in [2.05, 4.69) is 5.32 Å². The Labute approximate surface area is 100 Å². The van der Waals surface area contributed by atoms with Gasteiger partial charge in [0.05, 0.1) is 13.2 Å². The summed E-state index contributed by atoms with van der Waals surface area (Å²) in [7, 11) is 1.53. The zero-order valence-corrected chi connectivity index (χ0v) is 10.2. The molecule has 1 aliphatic heterocycles. The second-order valence-electron chi connectivity index (χ2n) is 4.02. The lowest BCUT2D eigenvalue weighted by molar-refractivity contribution is -0.147. The molecule has 1 unspecified atom stereocenters. The highest BCUT2D eigenvalue weighted by atomic mass is 16.5. The number of rotatable bonds is 4. The molecule has 2 amide bonds. The van der Waals surface area contributed by atoms with Gasteiger partial charge < -0.3 is 19.7 Å². The molecule has 0 bridgehead atoms. The summed E-state index contributed by atoms with van der Waals surface area (Å²) in [6, 6.07) is 0.